The van der Waals surface area contributed by atoms with E-state index in [4.69, 9.17) is 11.5 Å². The Labute approximate surface area is 107 Å². The molecule has 0 saturated carbocycles. The molecule has 0 fully saturated rings. The molecule has 1 atom stereocenters. The predicted molar refractivity (Wildman–Crippen MR) is 72.9 cm³/mol. The van der Waals surface area contributed by atoms with E-state index in [9.17, 15) is 4.79 Å². The Bertz CT molecular complexity index is 391. The van der Waals surface area contributed by atoms with Crippen LogP contribution in [0, 0.1) is 6.92 Å². The van der Waals surface area contributed by atoms with Crippen LogP contribution in [0.25, 0.3) is 0 Å². The lowest BCUT2D eigenvalue weighted by Gasteiger charge is -2.19. The van der Waals surface area contributed by atoms with Gasteiger partial charge in [0, 0.05) is 4.90 Å². The number of benzene rings is 1. The third kappa shape index (κ3) is 4.40. The third-order valence-corrected chi connectivity index (χ3v) is 4.02. The first-order chi connectivity index (χ1) is 7.93. The lowest BCUT2D eigenvalue weighted by atomic mass is 9.97. The van der Waals surface area contributed by atoms with Crippen molar-refractivity contribution in [3.63, 3.8) is 0 Å². The van der Waals surface area contributed by atoms with Crippen LogP contribution < -0.4 is 11.5 Å². The number of amides is 1. The van der Waals surface area contributed by atoms with Gasteiger partial charge in [0.05, 0.1) is 5.54 Å². The van der Waals surface area contributed by atoms with Crippen molar-refractivity contribution < 1.29 is 4.79 Å². The SMILES string of the molecule is Cc1ccccc1SCCCC(C)(N)C(N)=O. The average molecular weight is 252 g/mol. The van der Waals surface area contributed by atoms with Crippen molar-refractivity contribution >= 4 is 17.7 Å². The van der Waals surface area contributed by atoms with Crippen molar-refractivity contribution in [2.24, 2.45) is 11.5 Å². The summed E-state index contributed by atoms with van der Waals surface area (Å²) >= 11 is 1.79. The zero-order valence-electron chi connectivity index (χ0n) is 10.4. The molecule has 1 unspecified atom stereocenters. The lowest BCUT2D eigenvalue weighted by Crippen LogP contribution is -2.49. The van der Waals surface area contributed by atoms with Crippen molar-refractivity contribution in [2.75, 3.05) is 5.75 Å². The van der Waals surface area contributed by atoms with E-state index in [0.29, 0.717) is 6.42 Å². The number of carbonyl (C=O) groups excluding carboxylic acids is 1. The molecule has 3 nitrogen and oxygen atoms in total. The van der Waals surface area contributed by atoms with Crippen molar-refractivity contribution in [3.05, 3.63) is 29.8 Å². The molecule has 4 heteroatoms. The number of hydrogen-bond acceptors (Lipinski definition) is 3. The van der Waals surface area contributed by atoms with Gasteiger partial charge in [0.25, 0.3) is 0 Å². The first-order valence-corrected chi connectivity index (χ1v) is 6.69. The second kappa shape index (κ2) is 6.07. The Morgan fingerprint density at radius 2 is 2.06 bits per heavy atom. The minimum absolute atomic E-state index is 0.432. The highest BCUT2D eigenvalue weighted by molar-refractivity contribution is 7.99. The molecule has 0 aliphatic rings. The number of nitrogens with two attached hydrogens (primary N) is 2. The molecule has 0 bridgehead atoms. The monoisotopic (exact) mass is 252 g/mol. The molecular weight excluding hydrogens is 232 g/mol. The molecule has 0 radical (unpaired) electrons. The summed E-state index contributed by atoms with van der Waals surface area (Å²) in [5.74, 6) is 0.517. The van der Waals surface area contributed by atoms with Gasteiger partial charge in [0.2, 0.25) is 5.91 Å². The number of thioether (sulfide) groups is 1. The van der Waals surface area contributed by atoms with E-state index in [1.165, 1.54) is 10.5 Å². The second-order valence-electron chi connectivity index (χ2n) is 4.50. The highest BCUT2D eigenvalue weighted by atomic mass is 32.2. The fraction of sp³-hybridized carbons (Fsp3) is 0.462. The van der Waals surface area contributed by atoms with Crippen LogP contribution in [0.3, 0.4) is 0 Å². The molecule has 0 spiro atoms. The van der Waals surface area contributed by atoms with Gasteiger partial charge < -0.3 is 11.5 Å². The van der Waals surface area contributed by atoms with Gasteiger partial charge in [-0.2, -0.15) is 0 Å². The number of primary amides is 1. The van der Waals surface area contributed by atoms with Crippen LogP contribution in [0.5, 0.6) is 0 Å². The zero-order chi connectivity index (χ0) is 12.9. The molecular formula is C13H20N2OS. The van der Waals surface area contributed by atoms with Crippen molar-refractivity contribution in [3.8, 4) is 0 Å². The van der Waals surface area contributed by atoms with E-state index in [-0.39, 0.29) is 0 Å². The molecule has 94 valence electrons. The van der Waals surface area contributed by atoms with Crippen LogP contribution in [0.1, 0.15) is 25.3 Å². The summed E-state index contributed by atoms with van der Waals surface area (Å²) in [6.45, 7) is 3.78. The predicted octanol–water partition coefficient (Wildman–Crippen LogP) is 2.07. The Balaban J connectivity index is 2.35. The maximum absolute atomic E-state index is 11.0. The van der Waals surface area contributed by atoms with E-state index in [1.807, 2.05) is 12.1 Å². The molecule has 0 aliphatic heterocycles. The molecule has 1 amide bonds. The Kier molecular flexibility index (Phi) is 5.02. The molecule has 1 aromatic carbocycles. The quantitative estimate of drug-likeness (QED) is 0.601. The molecule has 0 saturated heterocycles. The smallest absolute Gasteiger partial charge is 0.237 e. The van der Waals surface area contributed by atoms with Crippen LogP contribution in [0.15, 0.2) is 29.2 Å². The highest BCUT2D eigenvalue weighted by Gasteiger charge is 2.24. The van der Waals surface area contributed by atoms with Crippen molar-refractivity contribution in [1.82, 2.24) is 0 Å². The summed E-state index contributed by atoms with van der Waals surface area (Å²) in [6, 6.07) is 8.27. The summed E-state index contributed by atoms with van der Waals surface area (Å²) in [5.41, 5.74) is 11.4. The Morgan fingerprint density at radius 1 is 1.41 bits per heavy atom. The van der Waals surface area contributed by atoms with E-state index in [0.717, 1.165) is 12.2 Å². The van der Waals surface area contributed by atoms with Gasteiger partial charge >= 0.3 is 0 Å². The van der Waals surface area contributed by atoms with E-state index < -0.39 is 11.4 Å². The summed E-state index contributed by atoms with van der Waals surface area (Å²) < 4.78 is 0. The highest BCUT2D eigenvalue weighted by Crippen LogP contribution is 2.23. The largest absolute Gasteiger partial charge is 0.368 e. The maximum Gasteiger partial charge on any atom is 0.237 e. The van der Waals surface area contributed by atoms with Crippen LogP contribution in [0.4, 0.5) is 0 Å². The summed E-state index contributed by atoms with van der Waals surface area (Å²) in [5, 5.41) is 0. The van der Waals surface area contributed by atoms with Gasteiger partial charge in [-0.15, -0.1) is 11.8 Å². The van der Waals surface area contributed by atoms with Gasteiger partial charge in [-0.3, -0.25) is 4.79 Å². The lowest BCUT2D eigenvalue weighted by molar-refractivity contribution is -0.122. The fourth-order valence-electron chi connectivity index (χ4n) is 1.46. The number of carbonyl (C=O) groups is 1. The van der Waals surface area contributed by atoms with E-state index in [1.54, 1.807) is 18.7 Å². The Hall–Kier alpha value is -1.00. The molecule has 0 aromatic heterocycles. The second-order valence-corrected chi connectivity index (χ2v) is 5.64. The zero-order valence-corrected chi connectivity index (χ0v) is 11.2. The Morgan fingerprint density at radius 3 is 2.65 bits per heavy atom. The van der Waals surface area contributed by atoms with Crippen molar-refractivity contribution in [2.45, 2.75) is 37.1 Å². The molecule has 4 N–H and O–H groups in total. The summed E-state index contributed by atoms with van der Waals surface area (Å²) in [7, 11) is 0. The van der Waals surface area contributed by atoms with Crippen LogP contribution >= 0.6 is 11.8 Å². The fourth-order valence-corrected chi connectivity index (χ4v) is 2.44. The van der Waals surface area contributed by atoms with Gasteiger partial charge in [0.15, 0.2) is 0 Å². The van der Waals surface area contributed by atoms with Crippen LogP contribution in [-0.4, -0.2) is 17.2 Å². The third-order valence-electron chi connectivity index (χ3n) is 2.75. The van der Waals surface area contributed by atoms with E-state index >= 15 is 0 Å². The van der Waals surface area contributed by atoms with Gasteiger partial charge in [0.1, 0.15) is 0 Å². The van der Waals surface area contributed by atoms with Crippen LogP contribution in [-0.2, 0) is 4.79 Å². The van der Waals surface area contributed by atoms with Crippen LogP contribution in [0.2, 0.25) is 0 Å². The van der Waals surface area contributed by atoms with Crippen molar-refractivity contribution in [1.29, 1.82) is 0 Å². The minimum atomic E-state index is -0.883. The number of hydrogen-bond donors (Lipinski definition) is 2. The standard InChI is InChI=1S/C13H20N2OS/c1-10-6-3-4-7-11(10)17-9-5-8-13(2,15)12(14)16/h3-4,6-7H,5,8-9,15H2,1-2H3,(H2,14,16). The first kappa shape index (κ1) is 14.1. The number of rotatable bonds is 6. The van der Waals surface area contributed by atoms with Gasteiger partial charge in [-0.25, -0.2) is 0 Å². The van der Waals surface area contributed by atoms with E-state index in [2.05, 4.69) is 19.1 Å². The molecule has 0 aliphatic carbocycles. The minimum Gasteiger partial charge on any atom is -0.368 e. The summed E-state index contributed by atoms with van der Waals surface area (Å²) in [6.07, 6.45) is 1.51. The maximum atomic E-state index is 11.0. The molecule has 1 aromatic rings. The topological polar surface area (TPSA) is 69.1 Å². The normalized spacial score (nSPS) is 14.3. The molecule has 0 heterocycles. The molecule has 1 rings (SSSR count). The first-order valence-electron chi connectivity index (χ1n) is 5.71. The molecule has 17 heavy (non-hydrogen) atoms. The van der Waals surface area contributed by atoms with Gasteiger partial charge in [-0.05, 0) is 44.1 Å². The van der Waals surface area contributed by atoms with Gasteiger partial charge in [-0.1, -0.05) is 18.2 Å². The number of aryl methyl sites for hydroxylation is 1. The summed E-state index contributed by atoms with van der Waals surface area (Å²) in [4.78, 5) is 12.3. The average Bonchev–Trinajstić information content (AvgIpc) is 2.26.